The minimum Gasteiger partial charge on any atom is -0.207 e. The summed E-state index contributed by atoms with van der Waals surface area (Å²) >= 11 is 3.16. The van der Waals surface area contributed by atoms with Crippen LogP contribution >= 0.6 is 15.9 Å². The Balaban J connectivity index is 2.91. The molecule has 0 bridgehead atoms. The first-order valence-electron chi connectivity index (χ1n) is 2.93. The second kappa shape index (κ2) is 2.27. The molecule has 0 amide bonds. The summed E-state index contributed by atoms with van der Waals surface area (Å²) in [6, 6.07) is 2.68. The third-order valence-corrected chi connectivity index (χ3v) is 1.94. The molecular weight excluding hydrogens is 213 g/mol. The van der Waals surface area contributed by atoms with Gasteiger partial charge < -0.3 is 0 Å². The van der Waals surface area contributed by atoms with Gasteiger partial charge in [-0.1, -0.05) is 0 Å². The molecule has 0 aliphatic heterocycles. The van der Waals surface area contributed by atoms with E-state index in [1.54, 1.807) is 0 Å². The van der Waals surface area contributed by atoms with E-state index in [1.807, 2.05) is 0 Å². The molecule has 1 aromatic heterocycles. The first-order valence-corrected chi connectivity index (χ1v) is 3.72. The molecule has 2 rings (SSSR count). The normalized spacial score (nSPS) is 10.7. The maximum absolute atomic E-state index is 12.7. The summed E-state index contributed by atoms with van der Waals surface area (Å²) in [4.78, 5) is 0. The van der Waals surface area contributed by atoms with Crippen LogP contribution in [0.25, 0.3) is 11.0 Å². The van der Waals surface area contributed by atoms with Crippen LogP contribution in [0.2, 0.25) is 0 Å². The van der Waals surface area contributed by atoms with E-state index >= 15 is 0 Å². The SMILES string of the molecule is Fc1cc(Br)c2n[nH]nc2c1. The molecule has 0 atom stereocenters. The van der Waals surface area contributed by atoms with Crippen molar-refractivity contribution in [3.8, 4) is 0 Å². The molecule has 0 aliphatic carbocycles. The van der Waals surface area contributed by atoms with Crippen LogP contribution in [-0.2, 0) is 0 Å². The molecule has 0 saturated heterocycles. The fraction of sp³-hybridized carbons (Fsp3) is 0. The van der Waals surface area contributed by atoms with Crippen molar-refractivity contribution >= 4 is 27.0 Å². The lowest BCUT2D eigenvalue weighted by molar-refractivity contribution is 0.628. The Labute approximate surface area is 69.7 Å². The first-order chi connectivity index (χ1) is 5.27. The van der Waals surface area contributed by atoms with Gasteiger partial charge in [-0.3, -0.25) is 0 Å². The number of fused-ring (bicyclic) bond motifs is 1. The van der Waals surface area contributed by atoms with E-state index in [4.69, 9.17) is 0 Å². The zero-order chi connectivity index (χ0) is 7.84. The van der Waals surface area contributed by atoms with Gasteiger partial charge in [-0.25, -0.2) is 4.39 Å². The summed E-state index contributed by atoms with van der Waals surface area (Å²) in [7, 11) is 0. The Morgan fingerprint density at radius 2 is 2.18 bits per heavy atom. The second-order valence-electron chi connectivity index (χ2n) is 2.08. The van der Waals surface area contributed by atoms with Gasteiger partial charge in [0.2, 0.25) is 0 Å². The van der Waals surface area contributed by atoms with Crippen LogP contribution in [0.1, 0.15) is 0 Å². The largest absolute Gasteiger partial charge is 0.207 e. The molecule has 0 radical (unpaired) electrons. The highest BCUT2D eigenvalue weighted by molar-refractivity contribution is 9.10. The van der Waals surface area contributed by atoms with Gasteiger partial charge in [0.25, 0.3) is 0 Å². The maximum Gasteiger partial charge on any atom is 0.127 e. The molecule has 2 aromatic rings. The Bertz CT molecular complexity index is 398. The zero-order valence-electron chi connectivity index (χ0n) is 5.31. The smallest absolute Gasteiger partial charge is 0.127 e. The monoisotopic (exact) mass is 215 g/mol. The van der Waals surface area contributed by atoms with Gasteiger partial charge in [0.1, 0.15) is 16.9 Å². The number of aromatic nitrogens is 3. The lowest BCUT2D eigenvalue weighted by atomic mass is 10.3. The van der Waals surface area contributed by atoms with Gasteiger partial charge >= 0.3 is 0 Å². The van der Waals surface area contributed by atoms with Crippen molar-refractivity contribution in [1.82, 2.24) is 15.4 Å². The fourth-order valence-electron chi connectivity index (χ4n) is 0.877. The highest BCUT2D eigenvalue weighted by Crippen LogP contribution is 2.20. The summed E-state index contributed by atoms with van der Waals surface area (Å²) < 4.78 is 13.3. The van der Waals surface area contributed by atoms with E-state index in [9.17, 15) is 4.39 Å². The van der Waals surface area contributed by atoms with Crippen molar-refractivity contribution in [2.45, 2.75) is 0 Å². The number of halogens is 2. The van der Waals surface area contributed by atoms with Crippen LogP contribution in [0, 0.1) is 5.82 Å². The third kappa shape index (κ3) is 1.01. The highest BCUT2D eigenvalue weighted by atomic mass is 79.9. The molecule has 56 valence electrons. The molecule has 3 nitrogen and oxygen atoms in total. The van der Waals surface area contributed by atoms with Crippen LogP contribution in [0.3, 0.4) is 0 Å². The molecule has 11 heavy (non-hydrogen) atoms. The topological polar surface area (TPSA) is 41.6 Å². The number of aromatic amines is 1. The van der Waals surface area contributed by atoms with E-state index in [0.717, 1.165) is 0 Å². The Kier molecular flexibility index (Phi) is 1.38. The first kappa shape index (κ1) is 6.72. The summed E-state index contributed by atoms with van der Waals surface area (Å²) in [6.07, 6.45) is 0. The van der Waals surface area contributed by atoms with Crippen molar-refractivity contribution in [3.05, 3.63) is 22.4 Å². The highest BCUT2D eigenvalue weighted by Gasteiger charge is 2.04. The van der Waals surface area contributed by atoms with Crippen LogP contribution in [0.15, 0.2) is 16.6 Å². The van der Waals surface area contributed by atoms with E-state index in [-0.39, 0.29) is 5.82 Å². The maximum atomic E-state index is 12.7. The molecule has 0 aliphatic rings. The van der Waals surface area contributed by atoms with Crippen molar-refractivity contribution in [3.63, 3.8) is 0 Å². The number of rotatable bonds is 0. The molecule has 5 heteroatoms. The minimum absolute atomic E-state index is 0.321. The number of nitrogens with zero attached hydrogens (tertiary/aromatic N) is 2. The van der Waals surface area contributed by atoms with Gasteiger partial charge in [-0.15, -0.1) is 0 Å². The van der Waals surface area contributed by atoms with Gasteiger partial charge in [0.05, 0.1) is 4.47 Å². The standard InChI is InChI=1S/C6H3BrFN3/c7-4-1-3(8)2-5-6(4)10-11-9-5/h1-2H,(H,9,10,11). The van der Waals surface area contributed by atoms with E-state index in [2.05, 4.69) is 31.3 Å². The summed E-state index contributed by atoms with van der Waals surface area (Å²) in [6.45, 7) is 0. The molecule has 0 spiro atoms. The lowest BCUT2D eigenvalue weighted by Gasteiger charge is -1.90. The summed E-state index contributed by atoms with van der Waals surface area (Å²) in [5.74, 6) is -0.321. The molecule has 0 fully saturated rings. The number of hydrogen-bond acceptors (Lipinski definition) is 2. The van der Waals surface area contributed by atoms with Crippen LogP contribution in [-0.4, -0.2) is 15.4 Å². The van der Waals surface area contributed by atoms with Crippen molar-refractivity contribution < 1.29 is 4.39 Å². The van der Waals surface area contributed by atoms with Crippen LogP contribution in [0.5, 0.6) is 0 Å². The van der Waals surface area contributed by atoms with Crippen LogP contribution < -0.4 is 0 Å². The average molecular weight is 216 g/mol. The van der Waals surface area contributed by atoms with Gasteiger partial charge in [0.15, 0.2) is 0 Å². The van der Waals surface area contributed by atoms with Gasteiger partial charge in [0, 0.05) is 6.07 Å². The van der Waals surface area contributed by atoms with Crippen molar-refractivity contribution in [2.75, 3.05) is 0 Å². The lowest BCUT2D eigenvalue weighted by Crippen LogP contribution is -1.76. The van der Waals surface area contributed by atoms with Gasteiger partial charge in [-0.2, -0.15) is 15.4 Å². The number of hydrogen-bond donors (Lipinski definition) is 1. The van der Waals surface area contributed by atoms with E-state index in [1.165, 1.54) is 12.1 Å². The van der Waals surface area contributed by atoms with E-state index < -0.39 is 0 Å². The quantitative estimate of drug-likeness (QED) is 0.730. The Morgan fingerprint density at radius 3 is 3.00 bits per heavy atom. The molecule has 1 heterocycles. The van der Waals surface area contributed by atoms with E-state index in [0.29, 0.717) is 15.5 Å². The molecule has 1 aromatic carbocycles. The minimum atomic E-state index is -0.321. The number of benzene rings is 1. The molecular formula is C6H3BrFN3. The van der Waals surface area contributed by atoms with Crippen molar-refractivity contribution in [1.29, 1.82) is 0 Å². The van der Waals surface area contributed by atoms with Gasteiger partial charge in [-0.05, 0) is 22.0 Å². The molecule has 0 unspecified atom stereocenters. The second-order valence-corrected chi connectivity index (χ2v) is 2.93. The van der Waals surface area contributed by atoms with Crippen LogP contribution in [0.4, 0.5) is 4.39 Å². The number of nitrogens with one attached hydrogen (secondary N) is 1. The average Bonchev–Trinajstić information content (AvgIpc) is 2.34. The molecule has 0 saturated carbocycles. The summed E-state index contributed by atoms with van der Waals surface area (Å²) in [5.41, 5.74) is 1.17. The zero-order valence-corrected chi connectivity index (χ0v) is 6.89. The predicted molar refractivity (Wildman–Crippen MR) is 41.5 cm³/mol. The predicted octanol–water partition coefficient (Wildman–Crippen LogP) is 1.86. The third-order valence-electron chi connectivity index (χ3n) is 1.34. The Hall–Kier alpha value is -0.970. The Morgan fingerprint density at radius 1 is 1.36 bits per heavy atom. The number of H-pyrrole nitrogens is 1. The fourth-order valence-corrected chi connectivity index (χ4v) is 1.39. The molecule has 1 N–H and O–H groups in total. The van der Waals surface area contributed by atoms with Crippen molar-refractivity contribution in [2.24, 2.45) is 0 Å². The summed E-state index contributed by atoms with van der Waals surface area (Å²) in [5, 5.41) is 9.95.